The molecule has 6 heteroatoms. The summed E-state index contributed by atoms with van der Waals surface area (Å²) in [5.41, 5.74) is 9.58. The van der Waals surface area contributed by atoms with Crippen molar-refractivity contribution in [3.63, 3.8) is 0 Å². The molecule has 1 heterocycles. The molecule has 0 radical (unpaired) electrons. The van der Waals surface area contributed by atoms with Crippen molar-refractivity contribution >= 4 is 34.1 Å². The maximum absolute atomic E-state index is 13.6. The van der Waals surface area contributed by atoms with Crippen LogP contribution in [0.4, 0.5) is 11.5 Å². The van der Waals surface area contributed by atoms with E-state index in [-0.39, 0.29) is 24.4 Å². The minimum Gasteiger partial charge on any atom is -0.383 e. The molecule has 0 fully saturated rings. The summed E-state index contributed by atoms with van der Waals surface area (Å²) in [5.74, 6) is -0.0939. The number of anilines is 2. The molecule has 0 aliphatic heterocycles. The molecule has 2 amide bonds. The number of fused-ring (bicyclic) bond motifs is 2. The quantitative estimate of drug-likeness (QED) is 0.463. The average Bonchev–Trinajstić information content (AvgIpc) is 2.88. The third kappa shape index (κ3) is 4.35. The molecule has 34 heavy (non-hydrogen) atoms. The highest BCUT2D eigenvalue weighted by molar-refractivity contribution is 6.11. The smallest absolute Gasteiger partial charge is 0.258 e. The Hall–Kier alpha value is -4.19. The fraction of sp³-hybridized carbons (Fsp3) is 0.179. The summed E-state index contributed by atoms with van der Waals surface area (Å²) in [6, 6.07) is 24.6. The van der Waals surface area contributed by atoms with Gasteiger partial charge in [0, 0.05) is 22.8 Å². The van der Waals surface area contributed by atoms with Crippen LogP contribution in [0.5, 0.6) is 0 Å². The molecule has 1 aliphatic carbocycles. The maximum atomic E-state index is 13.6. The fourth-order valence-electron chi connectivity index (χ4n) is 4.66. The number of nitrogens with zero attached hydrogens (tertiary/aromatic N) is 2. The Morgan fingerprint density at radius 3 is 2.65 bits per heavy atom. The predicted molar refractivity (Wildman–Crippen MR) is 135 cm³/mol. The van der Waals surface area contributed by atoms with Crippen LogP contribution in [0, 0.1) is 0 Å². The van der Waals surface area contributed by atoms with Crippen molar-refractivity contribution in [2.75, 3.05) is 17.2 Å². The lowest BCUT2D eigenvalue weighted by Gasteiger charge is -2.28. The molecular formula is C28H26N4O2. The number of aromatic nitrogens is 1. The number of amides is 2. The van der Waals surface area contributed by atoms with Crippen LogP contribution < -0.4 is 16.0 Å². The highest BCUT2D eigenvalue weighted by Gasteiger charge is 2.25. The van der Waals surface area contributed by atoms with Gasteiger partial charge in [0.25, 0.3) is 5.91 Å². The number of aryl methyl sites for hydroxylation is 1. The first-order valence-corrected chi connectivity index (χ1v) is 11.5. The Balaban J connectivity index is 1.42. The molecule has 170 valence electrons. The predicted octanol–water partition coefficient (Wildman–Crippen LogP) is 4.66. The molecular weight excluding hydrogens is 424 g/mol. The van der Waals surface area contributed by atoms with E-state index in [1.165, 1.54) is 10.5 Å². The number of nitrogen functional groups attached to an aromatic ring is 1. The summed E-state index contributed by atoms with van der Waals surface area (Å²) >= 11 is 0. The number of hydrogen-bond donors (Lipinski definition) is 2. The van der Waals surface area contributed by atoms with Gasteiger partial charge >= 0.3 is 0 Å². The van der Waals surface area contributed by atoms with Crippen LogP contribution >= 0.6 is 0 Å². The Bertz CT molecular complexity index is 1350. The lowest BCUT2D eigenvalue weighted by molar-refractivity contribution is -0.120. The molecule has 3 aromatic carbocycles. The molecule has 0 saturated carbocycles. The van der Waals surface area contributed by atoms with E-state index in [1.807, 2.05) is 54.6 Å². The molecule has 5 rings (SSSR count). The Kier molecular flexibility index (Phi) is 5.95. The average molecular weight is 451 g/mol. The van der Waals surface area contributed by atoms with Crippen LogP contribution in [0.25, 0.3) is 10.8 Å². The Morgan fingerprint density at radius 2 is 1.79 bits per heavy atom. The van der Waals surface area contributed by atoms with Gasteiger partial charge in [0.2, 0.25) is 5.91 Å². The van der Waals surface area contributed by atoms with Crippen LogP contribution in [-0.4, -0.2) is 23.3 Å². The molecule has 0 saturated heterocycles. The zero-order chi connectivity index (χ0) is 23.5. The van der Waals surface area contributed by atoms with Gasteiger partial charge in [-0.1, -0.05) is 48.5 Å². The number of carbonyl (C=O) groups excluding carboxylic acids is 2. The molecule has 0 spiro atoms. The van der Waals surface area contributed by atoms with Gasteiger partial charge in [-0.15, -0.1) is 0 Å². The number of para-hydroxylation sites is 1. The molecule has 1 aromatic heterocycles. The topological polar surface area (TPSA) is 88.3 Å². The van der Waals surface area contributed by atoms with E-state index in [4.69, 9.17) is 5.73 Å². The van der Waals surface area contributed by atoms with E-state index in [1.54, 1.807) is 18.3 Å². The van der Waals surface area contributed by atoms with E-state index < -0.39 is 0 Å². The van der Waals surface area contributed by atoms with Crippen LogP contribution in [0.1, 0.15) is 40.4 Å². The molecule has 1 aliphatic rings. The second kappa shape index (κ2) is 9.35. The van der Waals surface area contributed by atoms with Crippen LogP contribution in [0.15, 0.2) is 85.1 Å². The number of nitrogens with one attached hydrogen (secondary N) is 1. The van der Waals surface area contributed by atoms with Crippen molar-refractivity contribution in [2.24, 2.45) is 0 Å². The van der Waals surface area contributed by atoms with Gasteiger partial charge in [-0.05, 0) is 66.1 Å². The first-order valence-electron chi connectivity index (χ1n) is 11.5. The van der Waals surface area contributed by atoms with Gasteiger partial charge in [-0.3, -0.25) is 14.5 Å². The number of rotatable bonds is 5. The highest BCUT2D eigenvalue weighted by atomic mass is 16.2. The summed E-state index contributed by atoms with van der Waals surface area (Å²) in [6.07, 6.45) is 4.58. The van der Waals surface area contributed by atoms with Crippen molar-refractivity contribution in [1.29, 1.82) is 0 Å². The third-order valence-electron chi connectivity index (χ3n) is 6.36. The minimum atomic E-state index is -0.268. The van der Waals surface area contributed by atoms with Gasteiger partial charge in [0.15, 0.2) is 0 Å². The standard InChI is InChI=1S/C28H26N4O2/c29-27-24-17-21(14-13-20(24)15-16-30-27)28(34)32(22-9-2-1-3-10-22)18-26(33)31-25-12-6-8-19-7-4-5-11-23(19)25/h1-5,7,9-11,13-17,25H,6,8,12,18H2,(H2,29,30)(H,31,33). The van der Waals surface area contributed by atoms with Gasteiger partial charge in [-0.25, -0.2) is 4.98 Å². The maximum Gasteiger partial charge on any atom is 0.258 e. The summed E-state index contributed by atoms with van der Waals surface area (Å²) in [5, 5.41) is 4.78. The summed E-state index contributed by atoms with van der Waals surface area (Å²) < 4.78 is 0. The van der Waals surface area contributed by atoms with E-state index in [0.717, 1.165) is 30.2 Å². The van der Waals surface area contributed by atoms with Gasteiger partial charge in [0.1, 0.15) is 12.4 Å². The first kappa shape index (κ1) is 21.6. The fourth-order valence-corrected chi connectivity index (χ4v) is 4.66. The van der Waals surface area contributed by atoms with Crippen molar-refractivity contribution in [3.8, 4) is 0 Å². The highest BCUT2D eigenvalue weighted by Crippen LogP contribution is 2.29. The minimum absolute atomic E-state index is 0.0447. The lowest BCUT2D eigenvalue weighted by atomic mass is 9.88. The summed E-state index contributed by atoms with van der Waals surface area (Å²) in [4.78, 5) is 32.4. The lowest BCUT2D eigenvalue weighted by Crippen LogP contribution is -2.42. The Morgan fingerprint density at radius 1 is 1.00 bits per heavy atom. The number of pyridine rings is 1. The summed E-state index contributed by atoms with van der Waals surface area (Å²) in [6.45, 7) is -0.0813. The van der Waals surface area contributed by atoms with Crippen molar-refractivity contribution < 1.29 is 9.59 Å². The van der Waals surface area contributed by atoms with E-state index >= 15 is 0 Å². The van der Waals surface area contributed by atoms with E-state index in [2.05, 4.69) is 22.4 Å². The molecule has 0 bridgehead atoms. The number of hydrogen-bond acceptors (Lipinski definition) is 4. The second-order valence-electron chi connectivity index (χ2n) is 8.57. The molecule has 1 unspecified atom stereocenters. The van der Waals surface area contributed by atoms with Crippen molar-refractivity contribution in [1.82, 2.24) is 10.3 Å². The third-order valence-corrected chi connectivity index (χ3v) is 6.36. The molecule has 1 atom stereocenters. The SMILES string of the molecule is Nc1nccc2ccc(C(=O)N(CC(=O)NC3CCCc4ccccc43)c3ccccc3)cc12. The van der Waals surface area contributed by atoms with Gasteiger partial charge < -0.3 is 11.1 Å². The monoisotopic (exact) mass is 450 g/mol. The molecule has 3 N–H and O–H groups in total. The van der Waals surface area contributed by atoms with Crippen molar-refractivity contribution in [3.05, 3.63) is 102 Å². The van der Waals surface area contributed by atoms with Crippen LogP contribution in [0.3, 0.4) is 0 Å². The molecule has 6 nitrogen and oxygen atoms in total. The van der Waals surface area contributed by atoms with Crippen molar-refractivity contribution in [2.45, 2.75) is 25.3 Å². The zero-order valence-electron chi connectivity index (χ0n) is 18.8. The number of nitrogens with two attached hydrogens (primary N) is 1. The molecule has 4 aromatic rings. The van der Waals surface area contributed by atoms with E-state index in [0.29, 0.717) is 22.5 Å². The van der Waals surface area contributed by atoms with Crippen LogP contribution in [-0.2, 0) is 11.2 Å². The summed E-state index contributed by atoms with van der Waals surface area (Å²) in [7, 11) is 0. The Labute approximate surface area is 198 Å². The normalized spacial score (nSPS) is 14.9. The second-order valence-corrected chi connectivity index (χ2v) is 8.57. The number of benzene rings is 3. The van der Waals surface area contributed by atoms with Gasteiger partial charge in [0.05, 0.1) is 6.04 Å². The van der Waals surface area contributed by atoms with Gasteiger partial charge in [-0.2, -0.15) is 0 Å². The largest absolute Gasteiger partial charge is 0.383 e. The zero-order valence-corrected chi connectivity index (χ0v) is 18.8. The van der Waals surface area contributed by atoms with Crippen LogP contribution in [0.2, 0.25) is 0 Å². The first-order chi connectivity index (χ1) is 16.6. The number of carbonyl (C=O) groups is 2. The van der Waals surface area contributed by atoms with E-state index in [9.17, 15) is 9.59 Å².